The predicted octanol–water partition coefficient (Wildman–Crippen LogP) is 6.03. The highest BCUT2D eigenvalue weighted by Crippen LogP contribution is 2.31. The van der Waals surface area contributed by atoms with Crippen LogP contribution in [0.1, 0.15) is 12.5 Å². The van der Waals surface area contributed by atoms with Gasteiger partial charge in [-0.15, -0.1) is 0 Å². The second-order valence-corrected chi connectivity index (χ2v) is 9.44. The normalized spacial score (nSPS) is 15.4. The first-order valence-corrected chi connectivity index (χ1v) is 12.3. The molecule has 0 saturated carbocycles. The Morgan fingerprint density at radius 2 is 1.86 bits per heavy atom. The number of rotatable bonds is 5. The second-order valence-electron chi connectivity index (χ2n) is 8.44. The lowest BCUT2D eigenvalue weighted by molar-refractivity contribution is 0.478. The number of amidine groups is 1. The number of pyridine rings is 1. The van der Waals surface area contributed by atoms with E-state index in [1.54, 1.807) is 24.3 Å². The van der Waals surface area contributed by atoms with Crippen molar-refractivity contribution in [1.29, 1.82) is 0 Å². The highest BCUT2D eigenvalue weighted by molar-refractivity contribution is 8.14. The molecule has 0 spiro atoms. The van der Waals surface area contributed by atoms with Crippen LogP contribution in [-0.2, 0) is 0 Å². The summed E-state index contributed by atoms with van der Waals surface area (Å²) in [7, 11) is 0. The van der Waals surface area contributed by atoms with Crippen LogP contribution >= 0.6 is 11.8 Å². The van der Waals surface area contributed by atoms with Crippen LogP contribution in [0, 0.1) is 6.92 Å². The van der Waals surface area contributed by atoms with Crippen LogP contribution in [0.2, 0.25) is 0 Å². The summed E-state index contributed by atoms with van der Waals surface area (Å²) in [6.07, 6.45) is 7.18. The Labute approximate surface area is 206 Å². The van der Waals surface area contributed by atoms with Crippen molar-refractivity contribution < 1.29 is 4.74 Å². The Hall–Kier alpha value is -4.11. The molecule has 5 aromatic rings. The number of imidazole rings is 1. The third-order valence-electron chi connectivity index (χ3n) is 5.72. The molecule has 2 aromatic carbocycles. The molecule has 4 heterocycles. The number of anilines is 3. The van der Waals surface area contributed by atoms with Gasteiger partial charge in [0.1, 0.15) is 29.3 Å². The molecule has 0 saturated heterocycles. The molecule has 1 aliphatic heterocycles. The van der Waals surface area contributed by atoms with Crippen LogP contribution in [-0.4, -0.2) is 36.3 Å². The van der Waals surface area contributed by atoms with E-state index in [2.05, 4.69) is 43.6 Å². The number of benzene rings is 2. The van der Waals surface area contributed by atoms with Crippen LogP contribution in [0.5, 0.6) is 11.5 Å². The molecule has 2 N–H and O–H groups in total. The molecule has 0 aliphatic carbocycles. The summed E-state index contributed by atoms with van der Waals surface area (Å²) in [5.41, 5.74) is 4.60. The minimum absolute atomic E-state index is 0.340. The number of ether oxygens (including phenoxy) is 1. The van der Waals surface area contributed by atoms with Crippen molar-refractivity contribution in [2.75, 3.05) is 16.4 Å². The molecular formula is C26H23N7OS. The van der Waals surface area contributed by atoms with Crippen molar-refractivity contribution in [1.82, 2.24) is 19.4 Å². The monoisotopic (exact) mass is 481 g/mol. The number of aromatic nitrogens is 4. The summed E-state index contributed by atoms with van der Waals surface area (Å²) >= 11 is 1.74. The first-order chi connectivity index (χ1) is 17.1. The van der Waals surface area contributed by atoms with Gasteiger partial charge in [0.05, 0.1) is 11.6 Å². The van der Waals surface area contributed by atoms with E-state index < -0.39 is 0 Å². The molecule has 9 heteroatoms. The van der Waals surface area contributed by atoms with E-state index in [4.69, 9.17) is 4.74 Å². The number of nitrogens with one attached hydrogen (secondary N) is 2. The van der Waals surface area contributed by atoms with Crippen molar-refractivity contribution in [2.24, 2.45) is 4.99 Å². The van der Waals surface area contributed by atoms with Gasteiger partial charge in [-0.3, -0.25) is 4.99 Å². The van der Waals surface area contributed by atoms with Crippen molar-refractivity contribution in [3.05, 3.63) is 79.0 Å². The zero-order valence-corrected chi connectivity index (χ0v) is 20.1. The van der Waals surface area contributed by atoms with E-state index in [9.17, 15) is 0 Å². The SMILES string of the molecule is Cc1cc(Nc2ncnc3ccc(NC4=NC(C)CS4)cc23)ccc1Oc1ccn2ccnc2c1. The molecule has 8 nitrogen and oxygen atoms in total. The zero-order chi connectivity index (χ0) is 23.8. The summed E-state index contributed by atoms with van der Waals surface area (Å²) in [5.74, 6) is 3.28. The van der Waals surface area contributed by atoms with Crippen LogP contribution in [0.25, 0.3) is 16.6 Å². The fourth-order valence-corrected chi connectivity index (χ4v) is 4.88. The van der Waals surface area contributed by atoms with Crippen molar-refractivity contribution >= 4 is 50.7 Å². The topological polar surface area (TPSA) is 88.7 Å². The van der Waals surface area contributed by atoms with E-state index in [1.165, 1.54) is 0 Å². The van der Waals surface area contributed by atoms with Gasteiger partial charge < -0.3 is 19.8 Å². The van der Waals surface area contributed by atoms with Crippen molar-refractivity contribution in [3.63, 3.8) is 0 Å². The van der Waals surface area contributed by atoms with Gasteiger partial charge in [-0.05, 0) is 61.9 Å². The molecule has 1 unspecified atom stereocenters. The first-order valence-electron chi connectivity index (χ1n) is 11.3. The number of hydrogen-bond donors (Lipinski definition) is 2. The Morgan fingerprint density at radius 1 is 0.971 bits per heavy atom. The van der Waals surface area contributed by atoms with Crippen LogP contribution < -0.4 is 15.4 Å². The summed E-state index contributed by atoms with van der Waals surface area (Å²) < 4.78 is 8.07. The largest absolute Gasteiger partial charge is 0.457 e. The minimum Gasteiger partial charge on any atom is -0.457 e. The van der Waals surface area contributed by atoms with Gasteiger partial charge in [-0.2, -0.15) is 0 Å². The van der Waals surface area contributed by atoms with Gasteiger partial charge in [0.25, 0.3) is 0 Å². The highest BCUT2D eigenvalue weighted by atomic mass is 32.2. The third-order valence-corrected chi connectivity index (χ3v) is 6.85. The molecule has 0 radical (unpaired) electrons. The van der Waals surface area contributed by atoms with Gasteiger partial charge in [-0.1, -0.05) is 11.8 Å². The molecule has 35 heavy (non-hydrogen) atoms. The Kier molecular flexibility index (Phi) is 5.46. The number of aliphatic imine (C=N–C) groups is 1. The zero-order valence-electron chi connectivity index (χ0n) is 19.3. The van der Waals surface area contributed by atoms with E-state index in [-0.39, 0.29) is 0 Å². The standard InChI is InChI=1S/C26H23N7OS/c1-16-11-18(4-6-23(16)34-20-7-9-33-10-8-27-24(33)13-20)31-25-21-12-19(3-5-22(21)28-15-29-25)32-26-30-17(2)14-35-26/h3-13,15,17H,14H2,1-2H3,(H,30,32)(H,28,29,31). The van der Waals surface area contributed by atoms with Crippen molar-refractivity contribution in [2.45, 2.75) is 19.9 Å². The Balaban J connectivity index is 1.24. The maximum Gasteiger partial charge on any atom is 0.161 e. The van der Waals surface area contributed by atoms with E-state index in [0.717, 1.165) is 61.7 Å². The van der Waals surface area contributed by atoms with Gasteiger partial charge in [-0.25, -0.2) is 15.0 Å². The lowest BCUT2D eigenvalue weighted by Gasteiger charge is -2.13. The number of hydrogen-bond acceptors (Lipinski definition) is 8. The summed E-state index contributed by atoms with van der Waals surface area (Å²) in [4.78, 5) is 17.9. The van der Waals surface area contributed by atoms with E-state index in [0.29, 0.717) is 6.04 Å². The molecule has 3 aromatic heterocycles. The average Bonchev–Trinajstić information content (AvgIpc) is 3.49. The minimum atomic E-state index is 0.340. The molecule has 6 rings (SSSR count). The van der Waals surface area contributed by atoms with Crippen LogP contribution in [0.4, 0.5) is 17.2 Å². The summed E-state index contributed by atoms with van der Waals surface area (Å²) in [6.45, 7) is 4.14. The fraction of sp³-hybridized carbons (Fsp3) is 0.154. The molecule has 0 bridgehead atoms. The maximum atomic E-state index is 6.12. The number of thioether (sulfide) groups is 1. The molecule has 0 fully saturated rings. The van der Waals surface area contributed by atoms with E-state index in [1.807, 2.05) is 66.2 Å². The average molecular weight is 482 g/mol. The molecular weight excluding hydrogens is 458 g/mol. The lowest BCUT2D eigenvalue weighted by Crippen LogP contribution is -2.05. The quantitative estimate of drug-likeness (QED) is 0.317. The predicted molar refractivity (Wildman–Crippen MR) is 142 cm³/mol. The Bertz CT molecular complexity index is 1580. The first kappa shape index (κ1) is 21.4. The number of nitrogens with zero attached hydrogens (tertiary/aromatic N) is 5. The second kappa shape index (κ2) is 8.92. The van der Waals surface area contributed by atoms with Gasteiger partial charge in [0.2, 0.25) is 0 Å². The number of fused-ring (bicyclic) bond motifs is 2. The fourth-order valence-electron chi connectivity index (χ4n) is 3.96. The van der Waals surface area contributed by atoms with Gasteiger partial charge >= 0.3 is 0 Å². The molecule has 174 valence electrons. The van der Waals surface area contributed by atoms with E-state index >= 15 is 0 Å². The molecule has 1 aliphatic rings. The third kappa shape index (κ3) is 4.50. The maximum absolute atomic E-state index is 6.12. The van der Waals surface area contributed by atoms with Gasteiger partial charge in [0.15, 0.2) is 5.17 Å². The van der Waals surface area contributed by atoms with Crippen LogP contribution in [0.15, 0.2) is 78.4 Å². The highest BCUT2D eigenvalue weighted by Gasteiger charge is 2.14. The van der Waals surface area contributed by atoms with Crippen LogP contribution in [0.3, 0.4) is 0 Å². The number of aryl methyl sites for hydroxylation is 1. The summed E-state index contributed by atoms with van der Waals surface area (Å²) in [6, 6.07) is 16.2. The lowest BCUT2D eigenvalue weighted by atomic mass is 10.1. The van der Waals surface area contributed by atoms with Gasteiger partial charge in [0, 0.05) is 47.2 Å². The Morgan fingerprint density at radius 3 is 2.71 bits per heavy atom. The van der Waals surface area contributed by atoms with Crippen molar-refractivity contribution in [3.8, 4) is 11.5 Å². The smallest absolute Gasteiger partial charge is 0.161 e. The molecule has 0 amide bonds. The molecule has 1 atom stereocenters. The summed E-state index contributed by atoms with van der Waals surface area (Å²) in [5, 5.41) is 8.73.